The van der Waals surface area contributed by atoms with Crippen molar-refractivity contribution in [1.29, 1.82) is 0 Å². The van der Waals surface area contributed by atoms with Crippen LogP contribution in [0.2, 0.25) is 0 Å². The van der Waals surface area contributed by atoms with Crippen molar-refractivity contribution in [3.05, 3.63) is 0 Å². The Labute approximate surface area is 133 Å². The molecule has 0 saturated carbocycles. The molecule has 0 aromatic rings. The fourth-order valence-corrected chi connectivity index (χ4v) is 4.10. The third-order valence-electron chi connectivity index (χ3n) is 5.76. The Kier molecular flexibility index (Phi) is 5.01. The van der Waals surface area contributed by atoms with Gasteiger partial charge in [0.2, 0.25) is 11.8 Å². The second-order valence-corrected chi connectivity index (χ2v) is 7.29. The summed E-state index contributed by atoms with van der Waals surface area (Å²) in [7, 11) is 0. The Morgan fingerprint density at radius 1 is 1.05 bits per heavy atom. The van der Waals surface area contributed by atoms with E-state index in [0.29, 0.717) is 18.4 Å². The van der Waals surface area contributed by atoms with Gasteiger partial charge in [-0.15, -0.1) is 0 Å². The van der Waals surface area contributed by atoms with Gasteiger partial charge in [0.05, 0.1) is 6.54 Å². The molecule has 3 aliphatic heterocycles. The molecule has 22 heavy (non-hydrogen) atoms. The van der Waals surface area contributed by atoms with Gasteiger partial charge in [0.1, 0.15) is 0 Å². The van der Waals surface area contributed by atoms with E-state index in [9.17, 15) is 9.59 Å². The highest BCUT2D eigenvalue weighted by Crippen LogP contribution is 2.36. The van der Waals surface area contributed by atoms with Crippen molar-refractivity contribution in [2.45, 2.75) is 51.4 Å². The third-order valence-corrected chi connectivity index (χ3v) is 5.76. The minimum atomic E-state index is 0.148. The van der Waals surface area contributed by atoms with Crippen molar-refractivity contribution in [3.63, 3.8) is 0 Å². The molecule has 0 aliphatic carbocycles. The molecule has 1 N–H and O–H groups in total. The van der Waals surface area contributed by atoms with Crippen LogP contribution in [0.3, 0.4) is 0 Å². The maximum Gasteiger partial charge on any atom is 0.242 e. The summed E-state index contributed by atoms with van der Waals surface area (Å²) in [6, 6.07) is 0. The molecular formula is C17H29N3O2. The molecule has 0 aromatic heterocycles. The van der Waals surface area contributed by atoms with Crippen LogP contribution in [0.15, 0.2) is 0 Å². The highest BCUT2D eigenvalue weighted by Gasteiger charge is 2.38. The minimum Gasteiger partial charge on any atom is -0.341 e. The number of nitrogens with zero attached hydrogens (tertiary/aromatic N) is 2. The molecule has 3 rings (SSSR count). The Hall–Kier alpha value is -1.10. The van der Waals surface area contributed by atoms with Crippen LogP contribution in [0, 0.1) is 5.41 Å². The first-order valence-corrected chi connectivity index (χ1v) is 8.95. The van der Waals surface area contributed by atoms with Gasteiger partial charge >= 0.3 is 0 Å². The zero-order valence-electron chi connectivity index (χ0n) is 13.6. The van der Waals surface area contributed by atoms with Gasteiger partial charge in [-0.2, -0.15) is 0 Å². The van der Waals surface area contributed by atoms with Gasteiger partial charge in [0.15, 0.2) is 0 Å². The van der Waals surface area contributed by atoms with Crippen molar-refractivity contribution in [1.82, 2.24) is 15.1 Å². The van der Waals surface area contributed by atoms with Crippen LogP contribution < -0.4 is 5.32 Å². The molecular weight excluding hydrogens is 278 g/mol. The number of hydrogen-bond acceptors (Lipinski definition) is 3. The van der Waals surface area contributed by atoms with Crippen LogP contribution in [0.1, 0.15) is 51.4 Å². The van der Waals surface area contributed by atoms with Gasteiger partial charge in [0, 0.05) is 32.6 Å². The lowest BCUT2D eigenvalue weighted by molar-refractivity contribution is -0.142. The zero-order chi connectivity index (χ0) is 15.4. The Morgan fingerprint density at radius 2 is 1.82 bits per heavy atom. The van der Waals surface area contributed by atoms with E-state index in [-0.39, 0.29) is 11.8 Å². The fraction of sp³-hybridized carbons (Fsp3) is 0.882. The molecule has 5 heteroatoms. The SMILES string of the molecule is O=C(CN1CCCCCCC1=O)N1CCC2(CCNC2)CC1. The van der Waals surface area contributed by atoms with Crippen molar-refractivity contribution in [3.8, 4) is 0 Å². The molecule has 2 amide bonds. The number of piperidine rings is 1. The summed E-state index contributed by atoms with van der Waals surface area (Å²) >= 11 is 0. The molecule has 0 unspecified atom stereocenters. The van der Waals surface area contributed by atoms with E-state index in [0.717, 1.165) is 64.8 Å². The molecule has 0 atom stereocenters. The van der Waals surface area contributed by atoms with E-state index in [1.165, 1.54) is 12.8 Å². The normalized spacial score (nSPS) is 26.1. The summed E-state index contributed by atoms with van der Waals surface area (Å²) in [5.41, 5.74) is 0.438. The van der Waals surface area contributed by atoms with E-state index in [2.05, 4.69) is 5.32 Å². The first-order valence-electron chi connectivity index (χ1n) is 8.95. The van der Waals surface area contributed by atoms with Gasteiger partial charge in [-0.1, -0.05) is 12.8 Å². The van der Waals surface area contributed by atoms with Crippen molar-refractivity contribution >= 4 is 11.8 Å². The van der Waals surface area contributed by atoms with Crippen molar-refractivity contribution in [2.24, 2.45) is 5.41 Å². The number of carbonyl (C=O) groups is 2. The van der Waals surface area contributed by atoms with E-state index in [1.54, 1.807) is 4.90 Å². The number of carbonyl (C=O) groups excluding carboxylic acids is 2. The maximum atomic E-state index is 12.5. The second kappa shape index (κ2) is 6.99. The monoisotopic (exact) mass is 307 g/mol. The minimum absolute atomic E-state index is 0.148. The summed E-state index contributed by atoms with van der Waals surface area (Å²) in [4.78, 5) is 28.4. The van der Waals surface area contributed by atoms with Crippen LogP contribution in [-0.4, -0.2) is 60.9 Å². The maximum absolute atomic E-state index is 12.5. The van der Waals surface area contributed by atoms with Gasteiger partial charge in [-0.05, 0) is 44.1 Å². The van der Waals surface area contributed by atoms with Crippen LogP contribution in [0.5, 0.6) is 0 Å². The van der Waals surface area contributed by atoms with E-state index in [1.807, 2.05) is 4.90 Å². The largest absolute Gasteiger partial charge is 0.341 e. The quantitative estimate of drug-likeness (QED) is 0.838. The van der Waals surface area contributed by atoms with Gasteiger partial charge < -0.3 is 15.1 Å². The standard InChI is InChI=1S/C17H29N3O2/c21-15-5-3-1-2-4-10-20(15)13-16(22)19-11-7-17(8-12-19)6-9-18-14-17/h18H,1-14H2. The molecule has 0 radical (unpaired) electrons. The highest BCUT2D eigenvalue weighted by atomic mass is 16.2. The van der Waals surface area contributed by atoms with E-state index >= 15 is 0 Å². The molecule has 3 fully saturated rings. The predicted octanol–water partition coefficient (Wildman–Crippen LogP) is 1.38. The smallest absolute Gasteiger partial charge is 0.242 e. The number of hydrogen-bond donors (Lipinski definition) is 1. The lowest BCUT2D eigenvalue weighted by Gasteiger charge is -2.39. The number of likely N-dealkylation sites (tertiary alicyclic amines) is 2. The third kappa shape index (κ3) is 3.62. The molecule has 0 bridgehead atoms. The average molecular weight is 307 g/mol. The zero-order valence-corrected chi connectivity index (χ0v) is 13.6. The van der Waals surface area contributed by atoms with Crippen LogP contribution in [-0.2, 0) is 9.59 Å². The van der Waals surface area contributed by atoms with Gasteiger partial charge in [-0.25, -0.2) is 0 Å². The summed E-state index contributed by atoms with van der Waals surface area (Å²) in [5.74, 6) is 0.316. The predicted molar refractivity (Wildman–Crippen MR) is 85.4 cm³/mol. The molecule has 5 nitrogen and oxygen atoms in total. The summed E-state index contributed by atoms with van der Waals surface area (Å²) in [6.45, 7) is 5.01. The summed E-state index contributed by atoms with van der Waals surface area (Å²) < 4.78 is 0. The number of rotatable bonds is 2. The van der Waals surface area contributed by atoms with Crippen LogP contribution in [0.25, 0.3) is 0 Å². The first-order chi connectivity index (χ1) is 10.7. The molecule has 3 aliphatic rings. The van der Waals surface area contributed by atoms with Crippen molar-refractivity contribution in [2.75, 3.05) is 39.3 Å². The fourth-order valence-electron chi connectivity index (χ4n) is 4.10. The topological polar surface area (TPSA) is 52.7 Å². The second-order valence-electron chi connectivity index (χ2n) is 7.29. The average Bonchev–Trinajstić information content (AvgIpc) is 2.96. The van der Waals surface area contributed by atoms with Crippen molar-refractivity contribution < 1.29 is 9.59 Å². The lowest BCUT2D eigenvalue weighted by atomic mass is 9.78. The first kappa shape index (κ1) is 15.8. The number of amides is 2. The Morgan fingerprint density at radius 3 is 2.55 bits per heavy atom. The molecule has 124 valence electrons. The van der Waals surface area contributed by atoms with Crippen LogP contribution >= 0.6 is 0 Å². The van der Waals surface area contributed by atoms with E-state index in [4.69, 9.17) is 0 Å². The molecule has 3 saturated heterocycles. The highest BCUT2D eigenvalue weighted by molar-refractivity contribution is 5.85. The summed E-state index contributed by atoms with van der Waals surface area (Å²) in [5, 5.41) is 3.45. The molecule has 1 spiro atoms. The molecule has 3 heterocycles. The van der Waals surface area contributed by atoms with Gasteiger partial charge in [-0.3, -0.25) is 9.59 Å². The lowest BCUT2D eigenvalue weighted by Crippen LogP contribution is -2.48. The van der Waals surface area contributed by atoms with E-state index < -0.39 is 0 Å². The number of nitrogens with one attached hydrogen (secondary N) is 1. The Bertz CT molecular complexity index is 408. The van der Waals surface area contributed by atoms with Gasteiger partial charge in [0.25, 0.3) is 0 Å². The Balaban J connectivity index is 1.50. The van der Waals surface area contributed by atoms with Crippen LogP contribution in [0.4, 0.5) is 0 Å². The summed E-state index contributed by atoms with van der Waals surface area (Å²) in [6.07, 6.45) is 8.42. The molecule has 0 aromatic carbocycles.